The van der Waals surface area contributed by atoms with Gasteiger partial charge in [0.05, 0.1) is 18.0 Å². The maximum Gasteiger partial charge on any atom is 0.334 e. The van der Waals surface area contributed by atoms with Crippen molar-refractivity contribution in [3.63, 3.8) is 0 Å². The molecule has 1 aromatic rings. The Bertz CT molecular complexity index is 955. The van der Waals surface area contributed by atoms with Crippen LogP contribution in [0.4, 0.5) is 10.5 Å². The van der Waals surface area contributed by atoms with E-state index >= 15 is 0 Å². The summed E-state index contributed by atoms with van der Waals surface area (Å²) in [5, 5.41) is 0. The highest BCUT2D eigenvalue weighted by Gasteiger charge is 2.44. The molecule has 0 spiro atoms. The van der Waals surface area contributed by atoms with E-state index in [9.17, 15) is 27.6 Å². The Hall–Kier alpha value is -2.75. The molecule has 1 fully saturated rings. The van der Waals surface area contributed by atoms with Crippen LogP contribution in [0.1, 0.15) is 29.8 Å². The number of likely N-dealkylation sites (N-methyl/N-ethyl adjacent to an activating group) is 1. The van der Waals surface area contributed by atoms with Crippen molar-refractivity contribution in [1.29, 1.82) is 0 Å². The van der Waals surface area contributed by atoms with Crippen molar-refractivity contribution in [2.75, 3.05) is 29.7 Å². The average molecular weight is 393 g/mol. The Morgan fingerprint density at radius 2 is 1.74 bits per heavy atom. The highest BCUT2D eigenvalue weighted by atomic mass is 32.2. The zero-order valence-corrected chi connectivity index (χ0v) is 15.8. The van der Waals surface area contributed by atoms with Crippen LogP contribution in [-0.4, -0.2) is 67.2 Å². The van der Waals surface area contributed by atoms with Gasteiger partial charge in [-0.3, -0.25) is 23.6 Å². The molecule has 0 radical (unpaired) electrons. The maximum absolute atomic E-state index is 12.5. The monoisotopic (exact) mass is 393 g/mol. The van der Waals surface area contributed by atoms with Gasteiger partial charge in [0.25, 0.3) is 0 Å². The van der Waals surface area contributed by atoms with Crippen molar-refractivity contribution < 1.29 is 27.6 Å². The first-order valence-electron chi connectivity index (χ1n) is 8.55. The minimum absolute atomic E-state index is 0.0196. The molecule has 2 aliphatic heterocycles. The van der Waals surface area contributed by atoms with Crippen LogP contribution in [0.3, 0.4) is 0 Å². The second kappa shape index (κ2) is 6.76. The van der Waals surface area contributed by atoms with Crippen molar-refractivity contribution >= 4 is 39.3 Å². The number of amides is 4. The van der Waals surface area contributed by atoms with Crippen LogP contribution in [0.5, 0.6) is 0 Å². The van der Waals surface area contributed by atoms with E-state index in [1.165, 1.54) is 10.4 Å². The Kier molecular flexibility index (Phi) is 4.77. The minimum Gasteiger partial charge on any atom is -0.292 e. The normalized spacial score (nSPS) is 17.1. The van der Waals surface area contributed by atoms with Crippen molar-refractivity contribution in [3.05, 3.63) is 29.3 Å². The molecule has 0 bridgehead atoms. The Labute approximate surface area is 156 Å². The molecule has 3 rings (SSSR count). The van der Waals surface area contributed by atoms with Crippen LogP contribution in [0.2, 0.25) is 0 Å². The van der Waals surface area contributed by atoms with Gasteiger partial charge in [0.15, 0.2) is 5.78 Å². The number of rotatable bonds is 6. The summed E-state index contributed by atoms with van der Waals surface area (Å²) in [4.78, 5) is 49.7. The van der Waals surface area contributed by atoms with E-state index in [4.69, 9.17) is 0 Å². The highest BCUT2D eigenvalue weighted by molar-refractivity contribution is 7.92. The minimum atomic E-state index is -3.38. The van der Waals surface area contributed by atoms with Crippen LogP contribution in [0.25, 0.3) is 0 Å². The fourth-order valence-corrected chi connectivity index (χ4v) is 4.35. The van der Waals surface area contributed by atoms with Gasteiger partial charge in [-0.2, -0.15) is 0 Å². The van der Waals surface area contributed by atoms with Gasteiger partial charge in [0.2, 0.25) is 10.0 Å². The number of nitrogens with zero attached hydrogens (tertiary/aromatic N) is 3. The van der Waals surface area contributed by atoms with Crippen LogP contribution >= 0.6 is 0 Å². The Balaban J connectivity index is 1.81. The molecule has 0 N–H and O–H groups in total. The first kappa shape index (κ1) is 19.0. The molecule has 0 atom stereocenters. The number of benzene rings is 1. The van der Waals surface area contributed by atoms with Crippen molar-refractivity contribution in [3.8, 4) is 0 Å². The predicted molar refractivity (Wildman–Crippen MR) is 95.8 cm³/mol. The van der Waals surface area contributed by atoms with Gasteiger partial charge in [-0.1, -0.05) is 0 Å². The number of carbonyl (C=O) groups is 4. The lowest BCUT2D eigenvalue weighted by Gasteiger charge is -2.18. The molecule has 1 aromatic carbocycles. The number of imide groups is 2. The predicted octanol–water partition coefficient (Wildman–Crippen LogP) is 0.392. The van der Waals surface area contributed by atoms with Gasteiger partial charge in [0.1, 0.15) is 0 Å². The number of urea groups is 1. The van der Waals surface area contributed by atoms with Crippen LogP contribution in [0, 0.1) is 0 Å². The van der Waals surface area contributed by atoms with E-state index < -0.39 is 40.2 Å². The van der Waals surface area contributed by atoms with Gasteiger partial charge >= 0.3 is 17.8 Å². The molecule has 2 heterocycles. The summed E-state index contributed by atoms with van der Waals surface area (Å²) in [5.41, 5.74) is 1.50. The number of hydrogen-bond acceptors (Lipinski definition) is 6. The molecular formula is C17H19N3O6S. The fourth-order valence-electron chi connectivity index (χ4n) is 3.19. The largest absolute Gasteiger partial charge is 0.334 e. The number of carbonyl (C=O) groups excluding carboxylic acids is 4. The molecule has 2 aliphatic rings. The number of ketones is 1. The topological polar surface area (TPSA) is 112 Å². The molecular weight excluding hydrogens is 374 g/mol. The molecule has 9 nitrogen and oxygen atoms in total. The summed E-state index contributed by atoms with van der Waals surface area (Å²) in [6.07, 6.45) is 0.472. The van der Waals surface area contributed by atoms with E-state index in [0.29, 0.717) is 29.1 Å². The molecule has 1 saturated heterocycles. The van der Waals surface area contributed by atoms with Crippen LogP contribution in [-0.2, 0) is 26.0 Å². The number of hydrogen-bond donors (Lipinski definition) is 0. The standard InChI is InChI=1S/C17H19N3O6S/c1-3-18-15(22)16(23)19(17(18)24)10-14(21)12-5-6-13-11(9-12)7-8-20(13)27(25,26)4-2/h5-6,9H,3-4,7-8,10H2,1-2H3. The van der Waals surface area contributed by atoms with Crippen LogP contribution < -0.4 is 4.31 Å². The maximum atomic E-state index is 12.5. The SMILES string of the molecule is CCN1C(=O)C(=O)N(CC(=O)c2ccc3c(c2)CCN3S(=O)(=O)CC)C1=O. The third kappa shape index (κ3) is 3.09. The van der Waals surface area contributed by atoms with Gasteiger partial charge in [-0.15, -0.1) is 0 Å². The van der Waals surface area contributed by atoms with Crippen molar-refractivity contribution in [1.82, 2.24) is 9.80 Å². The average Bonchev–Trinajstić information content (AvgIpc) is 3.16. The first-order valence-corrected chi connectivity index (χ1v) is 10.2. The number of anilines is 1. The summed E-state index contributed by atoms with van der Waals surface area (Å²) >= 11 is 0. The molecule has 27 heavy (non-hydrogen) atoms. The number of fused-ring (bicyclic) bond motifs is 1. The summed E-state index contributed by atoms with van der Waals surface area (Å²) in [6.45, 7) is 2.96. The van der Waals surface area contributed by atoms with Gasteiger partial charge in [0, 0.05) is 18.7 Å². The van der Waals surface area contributed by atoms with E-state index in [0.717, 1.165) is 4.90 Å². The zero-order chi connectivity index (χ0) is 19.9. The van der Waals surface area contributed by atoms with Crippen molar-refractivity contribution in [2.45, 2.75) is 20.3 Å². The number of Topliss-reactive ketones (excluding diaryl/α,β-unsaturated/α-hetero) is 1. The van der Waals surface area contributed by atoms with Crippen molar-refractivity contribution in [2.24, 2.45) is 0 Å². The van der Waals surface area contributed by atoms with E-state index in [1.807, 2.05) is 0 Å². The molecule has 0 unspecified atom stereocenters. The fraction of sp³-hybridized carbons (Fsp3) is 0.412. The summed E-state index contributed by atoms with van der Waals surface area (Å²) < 4.78 is 25.6. The summed E-state index contributed by atoms with van der Waals surface area (Å²) in [6, 6.07) is 3.80. The molecule has 0 aromatic heterocycles. The quantitative estimate of drug-likeness (QED) is 0.393. The van der Waals surface area contributed by atoms with Crippen LogP contribution in [0.15, 0.2) is 18.2 Å². The zero-order valence-electron chi connectivity index (χ0n) is 15.0. The lowest BCUT2D eigenvalue weighted by molar-refractivity contribution is -0.143. The molecule has 0 saturated carbocycles. The smallest absolute Gasteiger partial charge is 0.292 e. The van der Waals surface area contributed by atoms with E-state index in [-0.39, 0.29) is 17.9 Å². The van der Waals surface area contributed by atoms with Gasteiger partial charge < -0.3 is 0 Å². The van der Waals surface area contributed by atoms with Gasteiger partial charge in [-0.25, -0.2) is 18.1 Å². The molecule has 10 heteroatoms. The highest BCUT2D eigenvalue weighted by Crippen LogP contribution is 2.31. The molecule has 144 valence electrons. The summed E-state index contributed by atoms with van der Waals surface area (Å²) in [5.74, 6) is -2.47. The third-order valence-corrected chi connectivity index (χ3v) is 6.49. The second-order valence-electron chi connectivity index (χ2n) is 6.21. The Morgan fingerprint density at radius 3 is 2.33 bits per heavy atom. The molecule has 4 amide bonds. The second-order valence-corrected chi connectivity index (χ2v) is 8.39. The first-order chi connectivity index (χ1) is 12.7. The van der Waals surface area contributed by atoms with E-state index in [2.05, 4.69) is 0 Å². The summed E-state index contributed by atoms with van der Waals surface area (Å²) in [7, 11) is -3.38. The third-order valence-electron chi connectivity index (χ3n) is 4.71. The lowest BCUT2D eigenvalue weighted by Crippen LogP contribution is -2.37. The number of sulfonamides is 1. The van der Waals surface area contributed by atoms with E-state index in [1.54, 1.807) is 26.0 Å². The van der Waals surface area contributed by atoms with Gasteiger partial charge in [-0.05, 0) is 44.0 Å². The molecule has 0 aliphatic carbocycles. The lowest BCUT2D eigenvalue weighted by atomic mass is 10.0. The Morgan fingerprint density at radius 1 is 1.07 bits per heavy atom.